The summed E-state index contributed by atoms with van der Waals surface area (Å²) in [6, 6.07) is 6.62. The minimum atomic E-state index is 0.561. The Bertz CT molecular complexity index is 413. The number of hydrogen-bond donors (Lipinski definition) is 1. The second-order valence-electron chi connectivity index (χ2n) is 5.72. The predicted octanol–water partition coefficient (Wildman–Crippen LogP) is 3.76. The van der Waals surface area contributed by atoms with Crippen LogP contribution < -0.4 is 14.8 Å². The number of benzene rings is 1. The molecule has 0 aliphatic heterocycles. The standard InChI is InChI=1S/C17H27NO2/c1-13(14-8-5-4-6-9-14)18-12-15-10-7-11-16(19-2)17(15)20-3/h7,10-11,13-14,18H,4-6,8-9,12H2,1-3H3/t13-/m0/s1. The van der Waals surface area contributed by atoms with E-state index in [1.54, 1.807) is 14.2 Å². The molecule has 1 fully saturated rings. The molecule has 2 rings (SSSR count). The van der Waals surface area contributed by atoms with Crippen molar-refractivity contribution >= 4 is 0 Å². The summed E-state index contributed by atoms with van der Waals surface area (Å²) in [5, 5.41) is 3.66. The molecule has 3 heteroatoms. The molecule has 0 aromatic heterocycles. The summed E-state index contributed by atoms with van der Waals surface area (Å²) in [4.78, 5) is 0. The van der Waals surface area contributed by atoms with Gasteiger partial charge in [0.05, 0.1) is 14.2 Å². The quantitative estimate of drug-likeness (QED) is 0.858. The molecule has 112 valence electrons. The molecule has 0 bridgehead atoms. The van der Waals surface area contributed by atoms with Crippen LogP contribution in [-0.4, -0.2) is 20.3 Å². The van der Waals surface area contributed by atoms with E-state index in [1.165, 1.54) is 32.1 Å². The Morgan fingerprint density at radius 3 is 2.55 bits per heavy atom. The molecule has 0 radical (unpaired) electrons. The van der Waals surface area contributed by atoms with Crippen molar-refractivity contribution in [2.24, 2.45) is 5.92 Å². The first-order valence-electron chi connectivity index (χ1n) is 7.69. The van der Waals surface area contributed by atoms with Crippen LogP contribution in [0.1, 0.15) is 44.6 Å². The first-order chi connectivity index (χ1) is 9.76. The Morgan fingerprint density at radius 1 is 1.15 bits per heavy atom. The number of rotatable bonds is 6. The zero-order valence-electron chi connectivity index (χ0n) is 12.9. The van der Waals surface area contributed by atoms with Gasteiger partial charge in [0.2, 0.25) is 0 Å². The van der Waals surface area contributed by atoms with Crippen LogP contribution in [0.3, 0.4) is 0 Å². The van der Waals surface area contributed by atoms with Gasteiger partial charge in [0.25, 0.3) is 0 Å². The Hall–Kier alpha value is -1.22. The van der Waals surface area contributed by atoms with Crippen molar-refractivity contribution in [3.8, 4) is 11.5 Å². The van der Waals surface area contributed by atoms with Gasteiger partial charge in [-0.15, -0.1) is 0 Å². The highest BCUT2D eigenvalue weighted by atomic mass is 16.5. The first kappa shape index (κ1) is 15.2. The Morgan fingerprint density at radius 2 is 1.90 bits per heavy atom. The predicted molar refractivity (Wildman–Crippen MR) is 82.4 cm³/mol. The van der Waals surface area contributed by atoms with Gasteiger partial charge in [0.15, 0.2) is 11.5 Å². The molecule has 1 saturated carbocycles. The fourth-order valence-electron chi connectivity index (χ4n) is 3.16. The van der Waals surface area contributed by atoms with E-state index in [2.05, 4.69) is 18.3 Å². The minimum Gasteiger partial charge on any atom is -0.493 e. The largest absolute Gasteiger partial charge is 0.493 e. The first-order valence-corrected chi connectivity index (χ1v) is 7.69. The smallest absolute Gasteiger partial charge is 0.165 e. The van der Waals surface area contributed by atoms with Crippen LogP contribution in [-0.2, 0) is 6.54 Å². The summed E-state index contributed by atoms with van der Waals surface area (Å²) < 4.78 is 10.8. The van der Waals surface area contributed by atoms with Gasteiger partial charge in [0.1, 0.15) is 0 Å². The highest BCUT2D eigenvalue weighted by Gasteiger charge is 2.20. The summed E-state index contributed by atoms with van der Waals surface area (Å²) in [7, 11) is 3.38. The lowest BCUT2D eigenvalue weighted by Gasteiger charge is -2.28. The Labute approximate surface area is 122 Å². The third-order valence-electron chi connectivity index (χ3n) is 4.46. The molecule has 1 atom stereocenters. The number of ether oxygens (including phenoxy) is 2. The number of nitrogens with one attached hydrogen (secondary N) is 1. The third-order valence-corrected chi connectivity index (χ3v) is 4.46. The van der Waals surface area contributed by atoms with Crippen molar-refractivity contribution in [2.45, 2.75) is 51.6 Å². The lowest BCUT2D eigenvalue weighted by atomic mass is 9.84. The zero-order valence-corrected chi connectivity index (χ0v) is 12.9. The van der Waals surface area contributed by atoms with Gasteiger partial charge in [-0.05, 0) is 31.7 Å². The van der Waals surface area contributed by atoms with Crippen molar-refractivity contribution in [2.75, 3.05) is 14.2 Å². The zero-order chi connectivity index (χ0) is 14.4. The maximum Gasteiger partial charge on any atom is 0.165 e. The topological polar surface area (TPSA) is 30.5 Å². The van der Waals surface area contributed by atoms with Crippen molar-refractivity contribution in [1.82, 2.24) is 5.32 Å². The lowest BCUT2D eigenvalue weighted by molar-refractivity contribution is 0.279. The van der Waals surface area contributed by atoms with E-state index >= 15 is 0 Å². The molecule has 0 heterocycles. The molecule has 1 aliphatic carbocycles. The maximum absolute atomic E-state index is 5.48. The van der Waals surface area contributed by atoms with Crippen LogP contribution in [0.4, 0.5) is 0 Å². The highest BCUT2D eigenvalue weighted by Crippen LogP contribution is 2.31. The molecule has 0 unspecified atom stereocenters. The van der Waals surface area contributed by atoms with Crippen LogP contribution in [0.2, 0.25) is 0 Å². The van der Waals surface area contributed by atoms with E-state index in [-0.39, 0.29) is 0 Å². The summed E-state index contributed by atoms with van der Waals surface area (Å²) in [6.07, 6.45) is 6.91. The molecule has 1 aromatic rings. The van der Waals surface area contributed by atoms with Gasteiger partial charge in [-0.1, -0.05) is 31.4 Å². The minimum absolute atomic E-state index is 0.561. The van der Waals surface area contributed by atoms with Crippen molar-refractivity contribution < 1.29 is 9.47 Å². The van der Waals surface area contributed by atoms with Crippen LogP contribution in [0, 0.1) is 5.92 Å². The normalized spacial score (nSPS) is 17.8. The van der Waals surface area contributed by atoms with Gasteiger partial charge in [-0.3, -0.25) is 0 Å². The van der Waals surface area contributed by atoms with E-state index in [0.29, 0.717) is 6.04 Å². The van der Waals surface area contributed by atoms with Crippen LogP contribution in [0.25, 0.3) is 0 Å². The molecule has 0 amide bonds. The molecule has 1 aliphatic rings. The van der Waals surface area contributed by atoms with Crippen LogP contribution >= 0.6 is 0 Å². The molecule has 0 saturated heterocycles. The second kappa shape index (κ2) is 7.53. The average molecular weight is 277 g/mol. The Kier molecular flexibility index (Phi) is 5.72. The van der Waals surface area contributed by atoms with Crippen molar-refractivity contribution in [3.63, 3.8) is 0 Å². The van der Waals surface area contributed by atoms with Crippen LogP contribution in [0.15, 0.2) is 18.2 Å². The van der Waals surface area contributed by atoms with Crippen molar-refractivity contribution in [3.05, 3.63) is 23.8 Å². The summed E-state index contributed by atoms with van der Waals surface area (Å²) in [5.41, 5.74) is 1.16. The van der Waals surface area contributed by atoms with E-state index in [4.69, 9.17) is 9.47 Å². The molecule has 1 aromatic carbocycles. The lowest BCUT2D eigenvalue weighted by Crippen LogP contribution is -2.34. The summed E-state index contributed by atoms with van der Waals surface area (Å²) in [6.45, 7) is 3.14. The van der Waals surface area contributed by atoms with Gasteiger partial charge >= 0.3 is 0 Å². The van der Waals surface area contributed by atoms with E-state index in [9.17, 15) is 0 Å². The number of hydrogen-bond acceptors (Lipinski definition) is 3. The molecule has 3 nitrogen and oxygen atoms in total. The fraction of sp³-hybridized carbons (Fsp3) is 0.647. The summed E-state index contributed by atoms with van der Waals surface area (Å²) >= 11 is 0. The number of para-hydroxylation sites is 1. The SMILES string of the molecule is COc1cccc(CN[C@@H](C)C2CCCCC2)c1OC. The van der Waals surface area contributed by atoms with Crippen LogP contribution in [0.5, 0.6) is 11.5 Å². The number of methoxy groups -OCH3 is 2. The van der Waals surface area contributed by atoms with Crippen molar-refractivity contribution in [1.29, 1.82) is 0 Å². The Balaban J connectivity index is 1.96. The molecular formula is C17H27NO2. The fourth-order valence-corrected chi connectivity index (χ4v) is 3.16. The summed E-state index contributed by atoms with van der Waals surface area (Å²) in [5.74, 6) is 2.47. The van der Waals surface area contributed by atoms with E-state index in [1.807, 2.05) is 12.1 Å². The third kappa shape index (κ3) is 3.66. The second-order valence-corrected chi connectivity index (χ2v) is 5.72. The molecular weight excluding hydrogens is 250 g/mol. The van der Waals surface area contributed by atoms with Gasteiger partial charge in [-0.25, -0.2) is 0 Å². The maximum atomic E-state index is 5.48. The molecule has 20 heavy (non-hydrogen) atoms. The van der Waals surface area contributed by atoms with Gasteiger partial charge < -0.3 is 14.8 Å². The van der Waals surface area contributed by atoms with E-state index in [0.717, 1.165) is 29.5 Å². The van der Waals surface area contributed by atoms with E-state index < -0.39 is 0 Å². The van der Waals surface area contributed by atoms with Gasteiger partial charge in [-0.2, -0.15) is 0 Å². The average Bonchev–Trinajstić information content (AvgIpc) is 2.52. The van der Waals surface area contributed by atoms with Gasteiger partial charge in [0, 0.05) is 18.2 Å². The molecule has 0 spiro atoms. The molecule has 1 N–H and O–H groups in total. The highest BCUT2D eigenvalue weighted by molar-refractivity contribution is 5.46. The monoisotopic (exact) mass is 277 g/mol.